The molecule has 7 aliphatic rings. The van der Waals surface area contributed by atoms with Gasteiger partial charge in [-0.05, 0) is 106 Å². The highest BCUT2D eigenvalue weighted by Gasteiger charge is 2.61. The van der Waals surface area contributed by atoms with Gasteiger partial charge in [0.25, 0.3) is 0 Å². The fourth-order valence-electron chi connectivity index (χ4n) is 12.0. The van der Waals surface area contributed by atoms with Gasteiger partial charge >= 0.3 is 0 Å². The zero-order chi connectivity index (χ0) is 45.2. The Hall–Kier alpha value is -1.78. The molecule has 0 radical (unpaired) electrons. The highest BCUT2D eigenvalue weighted by Crippen LogP contribution is 2.66. The Labute approximate surface area is 363 Å². The summed E-state index contributed by atoms with van der Waals surface area (Å²) in [6, 6.07) is 0. The molecule has 62 heavy (non-hydrogen) atoms. The second-order valence-electron chi connectivity index (χ2n) is 19.9. The van der Waals surface area contributed by atoms with Crippen LogP contribution in [0.5, 0.6) is 0 Å². The van der Waals surface area contributed by atoms with E-state index in [4.69, 9.17) is 28.4 Å². The largest absolute Gasteiger partial charge is 0.396 e. The molecule has 0 aromatic rings. The van der Waals surface area contributed by atoms with Crippen LogP contribution < -0.4 is 0 Å². The molecule has 3 saturated heterocycles. The van der Waals surface area contributed by atoms with Gasteiger partial charge in [-0.25, -0.2) is 0 Å². The molecule has 9 N–H and O–H groups in total. The van der Waals surface area contributed by atoms with Gasteiger partial charge in [0, 0.05) is 25.0 Å². The minimum absolute atomic E-state index is 0.00761. The molecule has 0 bridgehead atoms. The molecule has 4 aliphatic carbocycles. The predicted octanol–water partition coefficient (Wildman–Crippen LogP) is 0.311. The second-order valence-corrected chi connectivity index (χ2v) is 19.9. The Morgan fingerprint density at radius 3 is 1.95 bits per heavy atom. The smallest absolute Gasteiger partial charge is 0.187 e. The van der Waals surface area contributed by atoms with E-state index in [0.717, 1.165) is 25.7 Å². The molecule has 3 heterocycles. The fraction of sp³-hybridized carbons (Fsp3) is 0.867. The van der Waals surface area contributed by atoms with Crippen LogP contribution in [-0.2, 0) is 38.0 Å². The van der Waals surface area contributed by atoms with E-state index in [1.807, 2.05) is 6.92 Å². The van der Waals surface area contributed by atoms with Gasteiger partial charge in [0.1, 0.15) is 61.0 Å². The van der Waals surface area contributed by atoms with Crippen molar-refractivity contribution in [2.45, 2.75) is 198 Å². The number of rotatable bonds is 12. The summed E-state index contributed by atoms with van der Waals surface area (Å²) in [7, 11) is 0. The normalized spacial score (nSPS) is 49.6. The lowest BCUT2D eigenvalue weighted by atomic mass is 9.47. The Morgan fingerprint density at radius 2 is 1.35 bits per heavy atom. The van der Waals surface area contributed by atoms with Crippen LogP contribution in [0.3, 0.4) is 0 Å². The van der Waals surface area contributed by atoms with Crippen molar-refractivity contribution < 1.29 is 84.0 Å². The number of ether oxygens (including phenoxy) is 6. The van der Waals surface area contributed by atoms with Gasteiger partial charge in [0.2, 0.25) is 0 Å². The lowest BCUT2D eigenvalue weighted by Gasteiger charge is -2.57. The molecule has 0 aromatic carbocycles. The topological polar surface area (TPSA) is 272 Å². The molecule has 0 spiro atoms. The summed E-state index contributed by atoms with van der Waals surface area (Å²) in [5.74, 6) is 0.665. The van der Waals surface area contributed by atoms with E-state index in [9.17, 15) is 55.5 Å². The van der Waals surface area contributed by atoms with Crippen molar-refractivity contribution in [3.05, 3.63) is 22.8 Å². The van der Waals surface area contributed by atoms with Gasteiger partial charge < -0.3 is 74.4 Å². The molecule has 22 atom stereocenters. The van der Waals surface area contributed by atoms with Crippen LogP contribution in [0.4, 0.5) is 0 Å². The molecule has 6 fully saturated rings. The molecule has 0 amide bonds. The Balaban J connectivity index is 1.12. The van der Waals surface area contributed by atoms with Crippen LogP contribution in [0.25, 0.3) is 0 Å². The molecule has 17 nitrogen and oxygen atoms in total. The maximum Gasteiger partial charge on any atom is 0.187 e. The number of carbonyl (C=O) groups is 2. The number of hydrogen-bond acceptors (Lipinski definition) is 17. The van der Waals surface area contributed by atoms with E-state index in [2.05, 4.69) is 19.9 Å². The third kappa shape index (κ3) is 8.68. The first-order chi connectivity index (χ1) is 29.2. The third-order valence-electron chi connectivity index (χ3n) is 16.0. The fourth-order valence-corrected chi connectivity index (χ4v) is 12.0. The average molecular weight is 883 g/mol. The lowest BCUT2D eigenvalue weighted by molar-refractivity contribution is -0.393. The number of ketones is 2. The van der Waals surface area contributed by atoms with Crippen LogP contribution in [0, 0.1) is 34.5 Å². The summed E-state index contributed by atoms with van der Waals surface area (Å²) in [5.41, 5.74) is 1.86. The van der Waals surface area contributed by atoms with Gasteiger partial charge in [-0.2, -0.15) is 0 Å². The van der Waals surface area contributed by atoms with Crippen molar-refractivity contribution >= 4 is 11.6 Å². The summed E-state index contributed by atoms with van der Waals surface area (Å²) in [6.07, 6.45) is -14.9. The summed E-state index contributed by atoms with van der Waals surface area (Å²) >= 11 is 0. The van der Waals surface area contributed by atoms with Crippen molar-refractivity contribution in [2.75, 3.05) is 13.2 Å². The van der Waals surface area contributed by atoms with Gasteiger partial charge in [-0.1, -0.05) is 32.4 Å². The molecule has 22 unspecified atom stereocenters. The van der Waals surface area contributed by atoms with E-state index in [-0.39, 0.29) is 47.3 Å². The zero-order valence-electron chi connectivity index (χ0n) is 36.7. The number of allylic oxidation sites excluding steroid dienone is 3. The summed E-state index contributed by atoms with van der Waals surface area (Å²) in [5, 5.41) is 95.1. The van der Waals surface area contributed by atoms with E-state index in [0.29, 0.717) is 43.3 Å². The quantitative estimate of drug-likeness (QED) is 0.0943. The van der Waals surface area contributed by atoms with Gasteiger partial charge in [-0.15, -0.1) is 0 Å². The van der Waals surface area contributed by atoms with Crippen molar-refractivity contribution in [1.29, 1.82) is 0 Å². The van der Waals surface area contributed by atoms with Crippen LogP contribution in [0.15, 0.2) is 22.8 Å². The zero-order valence-corrected chi connectivity index (χ0v) is 36.7. The van der Waals surface area contributed by atoms with Crippen LogP contribution in [0.2, 0.25) is 0 Å². The first-order valence-electron chi connectivity index (χ1n) is 22.6. The highest BCUT2D eigenvalue weighted by atomic mass is 16.8. The SMILES string of the molecule is CC(C(=O)CCC(C)CO)=C1C(=O)CC2C3CC=C4CC(OC5OC(CO)C(O)C(OC6OC(C)C(O)C(O)C6O)C5OC5OC(C)C(O)C(O)C5O)CCC4(C)C3CCC12C. The number of hydrogen-bond donors (Lipinski definition) is 9. The van der Waals surface area contributed by atoms with Crippen LogP contribution in [0.1, 0.15) is 99.3 Å². The van der Waals surface area contributed by atoms with Crippen molar-refractivity contribution in [3.63, 3.8) is 0 Å². The van der Waals surface area contributed by atoms with Crippen molar-refractivity contribution in [3.8, 4) is 0 Å². The highest BCUT2D eigenvalue weighted by molar-refractivity contribution is 6.08. The van der Waals surface area contributed by atoms with E-state index >= 15 is 0 Å². The summed E-state index contributed by atoms with van der Waals surface area (Å²) in [4.78, 5) is 27.2. The Bertz CT molecular complexity index is 1690. The van der Waals surface area contributed by atoms with Crippen LogP contribution in [-0.4, -0.2) is 169 Å². The monoisotopic (exact) mass is 882 g/mol. The standard InChI is InChI=1S/C45H70O17/c1-19(17-46)7-10-28(48)20(2)31-29(49)16-27-25-9-8-23-15-24(11-13-44(23,5)26(25)12-14-45(27,31)6)59-43-40(62-42-38(56)36(54)33(51)22(4)58-42)39(34(52)30(18-47)60-43)61-41-37(55)35(53)32(50)21(3)57-41/h8,19,21-22,24-27,30,32-43,46-47,50-56H,7,9-18H2,1-6H3. The molecular weight excluding hydrogens is 812 g/mol. The van der Waals surface area contributed by atoms with E-state index in [1.165, 1.54) is 19.4 Å². The van der Waals surface area contributed by atoms with Crippen molar-refractivity contribution in [1.82, 2.24) is 0 Å². The van der Waals surface area contributed by atoms with Crippen LogP contribution >= 0.6 is 0 Å². The Kier molecular flexibility index (Phi) is 14.6. The number of Topliss-reactive ketones (excluding diaryl/α,β-unsaturated/α-hetero) is 2. The van der Waals surface area contributed by atoms with Crippen molar-refractivity contribution in [2.24, 2.45) is 34.5 Å². The number of aliphatic hydroxyl groups excluding tert-OH is 9. The Morgan fingerprint density at radius 1 is 0.758 bits per heavy atom. The molecule has 3 aliphatic heterocycles. The van der Waals surface area contributed by atoms with E-state index < -0.39 is 110 Å². The molecule has 17 heteroatoms. The molecular formula is C45H70O17. The summed E-state index contributed by atoms with van der Waals surface area (Å²) in [6.45, 7) is 10.4. The maximum atomic E-state index is 13.8. The van der Waals surface area contributed by atoms with E-state index in [1.54, 1.807) is 6.92 Å². The first kappa shape index (κ1) is 48.2. The first-order valence-corrected chi connectivity index (χ1v) is 22.6. The maximum absolute atomic E-state index is 13.8. The van der Waals surface area contributed by atoms with Gasteiger partial charge in [0.15, 0.2) is 30.4 Å². The minimum atomic E-state index is -1.77. The number of aliphatic hydroxyl groups is 9. The molecule has 7 rings (SSSR count). The molecule has 0 aromatic heterocycles. The lowest BCUT2D eigenvalue weighted by Crippen LogP contribution is -2.67. The number of carbonyl (C=O) groups excluding carboxylic acids is 2. The average Bonchev–Trinajstić information content (AvgIpc) is 3.52. The minimum Gasteiger partial charge on any atom is -0.396 e. The van der Waals surface area contributed by atoms with Gasteiger partial charge in [0.05, 0.1) is 24.9 Å². The third-order valence-corrected chi connectivity index (χ3v) is 16.0. The summed E-state index contributed by atoms with van der Waals surface area (Å²) < 4.78 is 36.7. The molecule has 352 valence electrons. The number of fused-ring (bicyclic) bond motifs is 5. The van der Waals surface area contributed by atoms with Gasteiger partial charge in [-0.3, -0.25) is 9.59 Å². The molecule has 3 saturated carbocycles. The predicted molar refractivity (Wildman–Crippen MR) is 216 cm³/mol. The second kappa shape index (κ2) is 18.8.